The average Bonchev–Trinajstić information content (AvgIpc) is 2.50. The Morgan fingerprint density at radius 2 is 1.82 bits per heavy atom. The molecule has 1 aromatic heterocycles. The number of rotatable bonds is 4. The van der Waals surface area contributed by atoms with Crippen LogP contribution in [-0.4, -0.2) is 21.0 Å². The number of nitrogens with zero attached hydrogens (tertiary/aromatic N) is 2. The van der Waals surface area contributed by atoms with E-state index < -0.39 is 0 Å². The van der Waals surface area contributed by atoms with E-state index in [1.807, 2.05) is 30.0 Å². The molecule has 1 N–H and O–H groups in total. The summed E-state index contributed by atoms with van der Waals surface area (Å²) in [6, 6.07) is 12.5. The third kappa shape index (κ3) is 3.80. The van der Waals surface area contributed by atoms with Gasteiger partial charge < -0.3 is 10.2 Å². The number of hydrogen-bond acceptors (Lipinski definition) is 2. The van der Waals surface area contributed by atoms with Crippen LogP contribution in [0.25, 0.3) is 0 Å². The summed E-state index contributed by atoms with van der Waals surface area (Å²) in [5, 5.41) is 3.48. The number of thiocarbonyl (C=S) groups is 1. The van der Waals surface area contributed by atoms with Crippen molar-refractivity contribution >= 4 is 23.0 Å². The van der Waals surface area contributed by atoms with E-state index in [0.717, 1.165) is 5.69 Å². The van der Waals surface area contributed by atoms with Gasteiger partial charge in [-0.05, 0) is 57.3 Å². The van der Waals surface area contributed by atoms with Crippen LogP contribution in [0.15, 0.2) is 48.7 Å². The molecule has 0 unspecified atom stereocenters. The minimum absolute atomic E-state index is 0.00651. The molecule has 0 amide bonds. The van der Waals surface area contributed by atoms with Crippen LogP contribution in [0, 0.1) is 5.82 Å². The maximum absolute atomic E-state index is 13.8. The number of para-hydroxylation sites is 1. The predicted molar refractivity (Wildman–Crippen MR) is 92.2 cm³/mol. The van der Waals surface area contributed by atoms with Crippen molar-refractivity contribution in [2.45, 2.75) is 32.9 Å². The van der Waals surface area contributed by atoms with E-state index in [1.165, 1.54) is 6.07 Å². The molecule has 3 nitrogen and oxygen atoms in total. The fourth-order valence-corrected chi connectivity index (χ4v) is 2.84. The molecule has 0 radical (unpaired) electrons. The summed E-state index contributed by atoms with van der Waals surface area (Å²) in [4.78, 5) is 6.40. The van der Waals surface area contributed by atoms with Gasteiger partial charge in [-0.1, -0.05) is 18.2 Å². The van der Waals surface area contributed by atoms with Crippen LogP contribution in [0.4, 0.5) is 10.1 Å². The highest BCUT2D eigenvalue weighted by Gasteiger charge is 2.22. The molecule has 1 heterocycles. The van der Waals surface area contributed by atoms with Crippen molar-refractivity contribution in [3.63, 3.8) is 0 Å². The van der Waals surface area contributed by atoms with Gasteiger partial charge in [0.25, 0.3) is 0 Å². The lowest BCUT2D eigenvalue weighted by atomic mass is 10.1. The quantitative estimate of drug-likeness (QED) is 0.847. The molecule has 0 spiro atoms. The minimum atomic E-state index is -0.320. The lowest BCUT2D eigenvalue weighted by Crippen LogP contribution is -2.42. The Balaban J connectivity index is 2.21. The van der Waals surface area contributed by atoms with Crippen molar-refractivity contribution in [1.82, 2.24) is 9.88 Å². The Kier molecular flexibility index (Phi) is 5.44. The first-order chi connectivity index (χ1) is 10.5. The summed E-state index contributed by atoms with van der Waals surface area (Å²) in [7, 11) is 0. The van der Waals surface area contributed by atoms with Gasteiger partial charge in [0.05, 0.1) is 17.4 Å². The molecule has 0 aliphatic heterocycles. The molecule has 0 aliphatic carbocycles. The third-order valence-corrected chi connectivity index (χ3v) is 3.75. The van der Waals surface area contributed by atoms with Crippen LogP contribution in [0.1, 0.15) is 32.5 Å². The first-order valence-corrected chi connectivity index (χ1v) is 7.66. The van der Waals surface area contributed by atoms with Crippen LogP contribution >= 0.6 is 12.2 Å². The van der Waals surface area contributed by atoms with Crippen molar-refractivity contribution in [3.05, 3.63) is 60.2 Å². The molecule has 0 bridgehead atoms. The van der Waals surface area contributed by atoms with Crippen LogP contribution in [0.3, 0.4) is 0 Å². The molecule has 116 valence electrons. The third-order valence-electron chi connectivity index (χ3n) is 3.44. The summed E-state index contributed by atoms with van der Waals surface area (Å²) < 4.78 is 13.8. The normalized spacial score (nSPS) is 12.0. The molecule has 2 aromatic rings. The fourth-order valence-electron chi connectivity index (χ4n) is 2.37. The number of anilines is 1. The molecule has 0 aliphatic rings. The van der Waals surface area contributed by atoms with Crippen molar-refractivity contribution in [2.75, 3.05) is 5.32 Å². The molecule has 0 saturated carbocycles. The molecule has 0 fully saturated rings. The van der Waals surface area contributed by atoms with Crippen molar-refractivity contribution in [3.8, 4) is 0 Å². The highest BCUT2D eigenvalue weighted by molar-refractivity contribution is 7.80. The van der Waals surface area contributed by atoms with E-state index in [4.69, 9.17) is 12.2 Å². The number of halogens is 1. The van der Waals surface area contributed by atoms with Crippen LogP contribution in [0.5, 0.6) is 0 Å². The van der Waals surface area contributed by atoms with E-state index in [9.17, 15) is 4.39 Å². The second-order valence-electron chi connectivity index (χ2n) is 5.34. The maximum atomic E-state index is 13.8. The zero-order valence-electron chi connectivity index (χ0n) is 13.0. The summed E-state index contributed by atoms with van der Waals surface area (Å²) in [6.07, 6.45) is 1.76. The van der Waals surface area contributed by atoms with E-state index in [2.05, 4.69) is 24.1 Å². The first-order valence-electron chi connectivity index (χ1n) is 7.25. The van der Waals surface area contributed by atoms with Crippen molar-refractivity contribution in [2.24, 2.45) is 0 Å². The lowest BCUT2D eigenvalue weighted by molar-refractivity contribution is 0.280. The second kappa shape index (κ2) is 7.31. The van der Waals surface area contributed by atoms with Crippen molar-refractivity contribution in [1.29, 1.82) is 0 Å². The Morgan fingerprint density at radius 1 is 1.14 bits per heavy atom. The summed E-state index contributed by atoms with van der Waals surface area (Å²) in [5.74, 6) is -0.320. The van der Waals surface area contributed by atoms with Gasteiger partial charge in [0.1, 0.15) is 5.82 Å². The van der Waals surface area contributed by atoms with Gasteiger partial charge in [-0.15, -0.1) is 0 Å². The molecule has 22 heavy (non-hydrogen) atoms. The molecule has 1 aromatic carbocycles. The molecular formula is C17H20FN3S. The smallest absolute Gasteiger partial charge is 0.174 e. The second-order valence-corrected chi connectivity index (χ2v) is 5.73. The van der Waals surface area contributed by atoms with E-state index >= 15 is 0 Å². The number of benzene rings is 1. The minimum Gasteiger partial charge on any atom is -0.338 e. The standard InChI is InChI=1S/C17H20FN3S/c1-12(2)21(13(3)15-9-6-7-11-19-15)17(22)20-16-10-5-4-8-14(16)18/h4-13H,1-3H3,(H,20,22)/t13-/m1/s1. The van der Waals surface area contributed by atoms with Gasteiger partial charge >= 0.3 is 0 Å². The Bertz CT molecular complexity index is 631. The number of hydrogen-bond donors (Lipinski definition) is 1. The zero-order valence-corrected chi connectivity index (χ0v) is 13.8. The highest BCUT2D eigenvalue weighted by Crippen LogP contribution is 2.23. The van der Waals surface area contributed by atoms with Crippen LogP contribution < -0.4 is 5.32 Å². The molecule has 5 heteroatoms. The SMILES string of the molecule is CC(C)N(C(=S)Nc1ccccc1F)[C@H](C)c1ccccn1. The Morgan fingerprint density at radius 3 is 2.41 bits per heavy atom. The van der Waals surface area contributed by atoms with Gasteiger partial charge in [0.15, 0.2) is 5.11 Å². The van der Waals surface area contributed by atoms with Gasteiger partial charge in [-0.3, -0.25) is 4.98 Å². The van der Waals surface area contributed by atoms with Gasteiger partial charge in [0, 0.05) is 12.2 Å². The summed E-state index contributed by atoms with van der Waals surface area (Å²) >= 11 is 5.49. The fraction of sp³-hybridized carbons (Fsp3) is 0.294. The monoisotopic (exact) mass is 317 g/mol. The van der Waals surface area contributed by atoms with E-state index in [1.54, 1.807) is 24.4 Å². The Hall–Kier alpha value is -2.01. The molecular weight excluding hydrogens is 297 g/mol. The van der Waals surface area contributed by atoms with Crippen LogP contribution in [0.2, 0.25) is 0 Å². The van der Waals surface area contributed by atoms with Gasteiger partial charge in [-0.25, -0.2) is 4.39 Å². The highest BCUT2D eigenvalue weighted by atomic mass is 32.1. The number of nitrogens with one attached hydrogen (secondary N) is 1. The molecule has 0 saturated heterocycles. The average molecular weight is 317 g/mol. The molecule has 2 rings (SSSR count). The number of aromatic nitrogens is 1. The maximum Gasteiger partial charge on any atom is 0.174 e. The zero-order chi connectivity index (χ0) is 16.1. The van der Waals surface area contributed by atoms with Crippen LogP contribution in [-0.2, 0) is 0 Å². The topological polar surface area (TPSA) is 28.2 Å². The van der Waals surface area contributed by atoms with Crippen molar-refractivity contribution < 1.29 is 4.39 Å². The Labute approximate surface area is 136 Å². The largest absolute Gasteiger partial charge is 0.338 e. The van der Waals surface area contributed by atoms with Gasteiger partial charge in [-0.2, -0.15) is 0 Å². The first kappa shape index (κ1) is 16.4. The van der Waals surface area contributed by atoms with E-state index in [0.29, 0.717) is 10.8 Å². The van der Waals surface area contributed by atoms with E-state index in [-0.39, 0.29) is 17.9 Å². The lowest BCUT2D eigenvalue weighted by Gasteiger charge is -2.35. The van der Waals surface area contributed by atoms with Gasteiger partial charge in [0.2, 0.25) is 0 Å². The summed E-state index contributed by atoms with van der Waals surface area (Å²) in [5.41, 5.74) is 1.31. The summed E-state index contributed by atoms with van der Waals surface area (Å²) in [6.45, 7) is 6.14. The predicted octanol–water partition coefficient (Wildman–Crippen LogP) is 4.39. The molecule has 1 atom stereocenters. The number of pyridine rings is 1.